The molecule has 0 saturated carbocycles. The van der Waals surface area contributed by atoms with E-state index in [0.29, 0.717) is 15.9 Å². The summed E-state index contributed by atoms with van der Waals surface area (Å²) in [7, 11) is 0.701. The lowest BCUT2D eigenvalue weighted by atomic mass is 10.3. The molecule has 0 atom stereocenters. The number of hydrogen-bond acceptors (Lipinski definition) is 3. The van der Waals surface area contributed by atoms with Crippen molar-refractivity contribution in [2.75, 3.05) is 32.7 Å². The maximum atomic E-state index is 5.54. The van der Waals surface area contributed by atoms with Gasteiger partial charge >= 0.3 is 0 Å². The Morgan fingerprint density at radius 2 is 2.00 bits per heavy atom. The van der Waals surface area contributed by atoms with E-state index in [2.05, 4.69) is 24.1 Å². The first-order valence-corrected chi connectivity index (χ1v) is 7.22. The zero-order chi connectivity index (χ0) is 10.9. The molecular formula is C11H24N2OSi. The molecule has 15 heavy (non-hydrogen) atoms. The van der Waals surface area contributed by atoms with Crippen molar-refractivity contribution >= 4 is 9.76 Å². The molecule has 1 aliphatic rings. The van der Waals surface area contributed by atoms with Gasteiger partial charge in [0.2, 0.25) is 9.76 Å². The molecule has 1 N–H and O–H groups in total. The highest BCUT2D eigenvalue weighted by Gasteiger charge is 2.08. The summed E-state index contributed by atoms with van der Waals surface area (Å²) in [5.41, 5.74) is 0. The van der Waals surface area contributed by atoms with Crippen molar-refractivity contribution in [3.8, 4) is 0 Å². The van der Waals surface area contributed by atoms with Gasteiger partial charge in [-0.3, -0.25) is 0 Å². The summed E-state index contributed by atoms with van der Waals surface area (Å²) < 4.78 is 5.54. The molecule has 0 amide bonds. The van der Waals surface area contributed by atoms with Gasteiger partial charge in [-0.05, 0) is 32.9 Å². The molecule has 1 fully saturated rings. The third kappa shape index (κ3) is 7.06. The van der Waals surface area contributed by atoms with Crippen molar-refractivity contribution in [2.24, 2.45) is 0 Å². The Kier molecular flexibility index (Phi) is 7.26. The number of piperazine rings is 1. The van der Waals surface area contributed by atoms with Gasteiger partial charge in [-0.2, -0.15) is 0 Å². The lowest BCUT2D eigenvalue weighted by Gasteiger charge is -2.26. The molecule has 1 heterocycles. The second-order valence-corrected chi connectivity index (χ2v) is 5.38. The zero-order valence-electron chi connectivity index (χ0n) is 10.1. The second kappa shape index (κ2) is 8.27. The molecule has 0 unspecified atom stereocenters. The maximum absolute atomic E-state index is 5.54. The van der Waals surface area contributed by atoms with Crippen LogP contribution in [0.25, 0.3) is 0 Å². The van der Waals surface area contributed by atoms with Crippen LogP contribution in [0.2, 0.25) is 6.04 Å². The van der Waals surface area contributed by atoms with Crippen LogP contribution in [0.3, 0.4) is 0 Å². The summed E-state index contributed by atoms with van der Waals surface area (Å²) in [6.07, 6.45) is 3.04. The van der Waals surface area contributed by atoms with Crippen LogP contribution >= 0.6 is 0 Å². The van der Waals surface area contributed by atoms with Gasteiger partial charge in [0.15, 0.2) is 0 Å². The van der Waals surface area contributed by atoms with E-state index < -0.39 is 0 Å². The van der Waals surface area contributed by atoms with Gasteiger partial charge in [0.05, 0.1) is 0 Å². The Bertz CT molecular complexity index is 150. The minimum atomic E-state index is 0.400. The molecule has 3 nitrogen and oxygen atoms in total. The lowest BCUT2D eigenvalue weighted by molar-refractivity contribution is 0.235. The number of nitrogens with zero attached hydrogens (tertiary/aromatic N) is 1. The monoisotopic (exact) mass is 228 g/mol. The number of nitrogens with one attached hydrogen (secondary N) is 1. The minimum Gasteiger partial charge on any atom is -0.415 e. The van der Waals surface area contributed by atoms with Gasteiger partial charge in [0.25, 0.3) is 0 Å². The van der Waals surface area contributed by atoms with Gasteiger partial charge in [-0.15, -0.1) is 0 Å². The number of unbranched alkanes of at least 4 members (excludes halogenated alkanes) is 1. The Morgan fingerprint density at radius 1 is 1.27 bits per heavy atom. The molecule has 4 heteroatoms. The van der Waals surface area contributed by atoms with Crippen LogP contribution in [-0.2, 0) is 4.43 Å². The summed E-state index contributed by atoms with van der Waals surface area (Å²) in [5, 5.41) is 3.38. The summed E-state index contributed by atoms with van der Waals surface area (Å²) >= 11 is 0. The minimum absolute atomic E-state index is 0.400. The molecule has 2 radical (unpaired) electrons. The molecule has 0 aromatic heterocycles. The standard InChI is InChI=1S/C11H24N2OSi/c1-11(2)14-15-10-4-3-7-13-8-5-12-6-9-13/h11-12H,3-10H2,1-2H3. The average molecular weight is 228 g/mol. The van der Waals surface area contributed by atoms with Crippen molar-refractivity contribution in [3.05, 3.63) is 0 Å². The normalized spacial score (nSPS) is 18.6. The highest BCUT2D eigenvalue weighted by molar-refractivity contribution is 6.27. The first-order chi connectivity index (χ1) is 7.29. The molecule has 1 rings (SSSR count). The van der Waals surface area contributed by atoms with Crippen molar-refractivity contribution < 1.29 is 4.43 Å². The van der Waals surface area contributed by atoms with Gasteiger partial charge in [0.1, 0.15) is 0 Å². The quantitative estimate of drug-likeness (QED) is 0.522. The molecule has 0 bridgehead atoms. The van der Waals surface area contributed by atoms with Gasteiger partial charge in [0, 0.05) is 32.3 Å². The van der Waals surface area contributed by atoms with E-state index in [4.69, 9.17) is 4.43 Å². The third-order valence-electron chi connectivity index (χ3n) is 2.53. The van der Waals surface area contributed by atoms with Crippen LogP contribution in [0, 0.1) is 0 Å². The molecule has 0 spiro atoms. The molecule has 1 aliphatic heterocycles. The van der Waals surface area contributed by atoms with Crippen molar-refractivity contribution in [3.63, 3.8) is 0 Å². The molecular weight excluding hydrogens is 204 g/mol. The van der Waals surface area contributed by atoms with Crippen LogP contribution < -0.4 is 5.32 Å². The van der Waals surface area contributed by atoms with Crippen LogP contribution in [0.1, 0.15) is 26.7 Å². The number of hydrogen-bond donors (Lipinski definition) is 1. The van der Waals surface area contributed by atoms with Crippen molar-refractivity contribution in [2.45, 2.75) is 38.8 Å². The Labute approximate surface area is 96.5 Å². The van der Waals surface area contributed by atoms with E-state index in [9.17, 15) is 0 Å². The fourth-order valence-corrected chi connectivity index (χ4v) is 2.54. The first-order valence-electron chi connectivity index (χ1n) is 6.10. The Hall–Kier alpha value is 0.0969. The fraction of sp³-hybridized carbons (Fsp3) is 1.00. The summed E-state index contributed by atoms with van der Waals surface area (Å²) in [5.74, 6) is 0. The lowest BCUT2D eigenvalue weighted by Crippen LogP contribution is -2.43. The fourth-order valence-electron chi connectivity index (χ4n) is 1.69. The Morgan fingerprint density at radius 3 is 2.67 bits per heavy atom. The second-order valence-electron chi connectivity index (χ2n) is 4.36. The average Bonchev–Trinajstić information content (AvgIpc) is 2.24. The third-order valence-corrected chi connectivity index (χ3v) is 3.73. The van der Waals surface area contributed by atoms with Crippen LogP contribution in [0.15, 0.2) is 0 Å². The summed E-state index contributed by atoms with van der Waals surface area (Å²) in [6.45, 7) is 10.3. The van der Waals surface area contributed by atoms with E-state index in [1.165, 1.54) is 38.5 Å². The van der Waals surface area contributed by atoms with Gasteiger partial charge < -0.3 is 14.6 Å². The van der Waals surface area contributed by atoms with E-state index >= 15 is 0 Å². The van der Waals surface area contributed by atoms with E-state index in [1.54, 1.807) is 0 Å². The van der Waals surface area contributed by atoms with Crippen LogP contribution in [-0.4, -0.2) is 53.5 Å². The predicted molar refractivity (Wildman–Crippen MR) is 65.3 cm³/mol. The van der Waals surface area contributed by atoms with Crippen LogP contribution in [0.4, 0.5) is 0 Å². The van der Waals surface area contributed by atoms with Gasteiger partial charge in [-0.25, -0.2) is 0 Å². The highest BCUT2D eigenvalue weighted by Crippen LogP contribution is 2.01. The van der Waals surface area contributed by atoms with Crippen molar-refractivity contribution in [1.29, 1.82) is 0 Å². The van der Waals surface area contributed by atoms with E-state index in [1.807, 2.05) is 0 Å². The smallest absolute Gasteiger partial charge is 0.230 e. The molecule has 0 aromatic rings. The number of rotatable bonds is 7. The first kappa shape index (κ1) is 13.2. The summed E-state index contributed by atoms with van der Waals surface area (Å²) in [4.78, 5) is 2.56. The molecule has 1 saturated heterocycles. The maximum Gasteiger partial charge on any atom is 0.230 e. The van der Waals surface area contributed by atoms with E-state index in [-0.39, 0.29) is 0 Å². The largest absolute Gasteiger partial charge is 0.415 e. The Balaban J connectivity index is 1.83. The SMILES string of the molecule is CC(C)O[Si]CCCCN1CCNCC1. The topological polar surface area (TPSA) is 24.5 Å². The van der Waals surface area contributed by atoms with Gasteiger partial charge in [-0.1, -0.05) is 6.42 Å². The highest BCUT2D eigenvalue weighted by atomic mass is 28.2. The molecule has 88 valence electrons. The molecule has 0 aliphatic carbocycles. The van der Waals surface area contributed by atoms with Crippen LogP contribution in [0.5, 0.6) is 0 Å². The zero-order valence-corrected chi connectivity index (χ0v) is 11.1. The van der Waals surface area contributed by atoms with Crippen molar-refractivity contribution in [1.82, 2.24) is 10.2 Å². The molecule has 0 aromatic carbocycles. The summed E-state index contributed by atoms with van der Waals surface area (Å²) in [6, 6.07) is 1.24. The van der Waals surface area contributed by atoms with E-state index in [0.717, 1.165) is 13.1 Å². The predicted octanol–water partition coefficient (Wildman–Crippen LogP) is 1.13.